The predicted molar refractivity (Wildman–Crippen MR) is 163 cm³/mol. The fourth-order valence-electron chi connectivity index (χ4n) is 4.74. The van der Waals surface area contributed by atoms with Crippen molar-refractivity contribution in [1.29, 1.82) is 0 Å². The Bertz CT molecular complexity index is 897. The van der Waals surface area contributed by atoms with Crippen molar-refractivity contribution in [2.45, 2.75) is 129 Å². The van der Waals surface area contributed by atoms with E-state index in [9.17, 15) is 14.4 Å². The monoisotopic (exact) mass is 590 g/mol. The third-order valence-electron chi connectivity index (χ3n) is 7.40. The van der Waals surface area contributed by atoms with Crippen LogP contribution in [0.4, 0.5) is 4.79 Å². The predicted octanol–water partition coefficient (Wildman–Crippen LogP) is 6.58. The molecule has 0 saturated carbocycles. The van der Waals surface area contributed by atoms with Gasteiger partial charge in [0.15, 0.2) is 5.79 Å². The summed E-state index contributed by atoms with van der Waals surface area (Å²) in [5.41, 5.74) is -0.204. The molecule has 1 aliphatic heterocycles. The van der Waals surface area contributed by atoms with E-state index in [1.165, 1.54) is 64.2 Å². The number of esters is 1. The molecule has 238 valence electrons. The highest BCUT2D eigenvalue weighted by Gasteiger charge is 2.42. The van der Waals surface area contributed by atoms with Gasteiger partial charge < -0.3 is 29.6 Å². The Labute approximate surface area is 252 Å². The van der Waals surface area contributed by atoms with Crippen LogP contribution >= 0.6 is 0 Å². The van der Waals surface area contributed by atoms with Crippen molar-refractivity contribution < 1.29 is 33.3 Å². The molecule has 9 nitrogen and oxygen atoms in total. The Kier molecular flexibility index (Phi) is 17.2. The van der Waals surface area contributed by atoms with E-state index < -0.39 is 23.3 Å². The zero-order valence-electron chi connectivity index (χ0n) is 26.2. The first-order valence-corrected chi connectivity index (χ1v) is 15.9. The molecule has 1 fully saturated rings. The molecule has 1 aromatic rings. The number of hydrogen-bond donors (Lipinski definition) is 2. The Morgan fingerprint density at radius 3 is 1.90 bits per heavy atom. The highest BCUT2D eigenvalue weighted by molar-refractivity contribution is 5.82. The Morgan fingerprint density at radius 2 is 1.33 bits per heavy atom. The quantitative estimate of drug-likeness (QED) is 0.123. The zero-order valence-corrected chi connectivity index (χ0v) is 26.2. The summed E-state index contributed by atoms with van der Waals surface area (Å²) in [5, 5.41) is 5.28. The Morgan fingerprint density at radius 1 is 0.786 bits per heavy atom. The summed E-state index contributed by atoms with van der Waals surface area (Å²) in [4.78, 5) is 37.2. The molecule has 2 rings (SSSR count). The summed E-state index contributed by atoms with van der Waals surface area (Å²) >= 11 is 0. The van der Waals surface area contributed by atoms with Crippen LogP contribution in [0.15, 0.2) is 30.3 Å². The van der Waals surface area contributed by atoms with Crippen LogP contribution in [0.3, 0.4) is 0 Å². The summed E-state index contributed by atoms with van der Waals surface area (Å²) in [6.07, 6.45) is 15.8. The highest BCUT2D eigenvalue weighted by atomic mass is 16.7. The summed E-state index contributed by atoms with van der Waals surface area (Å²) in [6.45, 7) is 5.75. The maximum absolute atomic E-state index is 12.7. The summed E-state index contributed by atoms with van der Waals surface area (Å²) in [7, 11) is 0. The smallest absolute Gasteiger partial charge is 0.407 e. The summed E-state index contributed by atoms with van der Waals surface area (Å²) in [6, 6.07) is 9.26. The zero-order chi connectivity index (χ0) is 30.5. The molecular weight excluding hydrogens is 536 g/mol. The lowest BCUT2D eigenvalue weighted by Gasteiger charge is -2.43. The molecular formula is C33H54N2O7. The number of carbonyl (C=O) groups is 3. The summed E-state index contributed by atoms with van der Waals surface area (Å²) in [5.74, 6) is -1.59. The lowest BCUT2D eigenvalue weighted by Crippen LogP contribution is -2.64. The number of carbonyl (C=O) groups excluding carboxylic acids is 3. The highest BCUT2D eigenvalue weighted by Crippen LogP contribution is 2.24. The topological polar surface area (TPSA) is 112 Å². The van der Waals surface area contributed by atoms with Gasteiger partial charge in [0.05, 0.1) is 13.2 Å². The molecule has 0 aliphatic carbocycles. The van der Waals surface area contributed by atoms with E-state index in [0.717, 1.165) is 24.8 Å². The normalized spacial score (nSPS) is 15.5. The van der Waals surface area contributed by atoms with Gasteiger partial charge >= 0.3 is 12.1 Å². The van der Waals surface area contributed by atoms with E-state index in [0.29, 0.717) is 6.42 Å². The molecule has 0 unspecified atom stereocenters. The third-order valence-corrected chi connectivity index (χ3v) is 7.40. The van der Waals surface area contributed by atoms with Gasteiger partial charge in [-0.25, -0.2) is 4.79 Å². The molecule has 0 aromatic heterocycles. The van der Waals surface area contributed by atoms with E-state index in [-0.39, 0.29) is 38.9 Å². The molecule has 0 spiro atoms. The van der Waals surface area contributed by atoms with Gasteiger partial charge in [0.2, 0.25) is 5.91 Å². The molecule has 0 bridgehead atoms. The van der Waals surface area contributed by atoms with Crippen LogP contribution in [-0.4, -0.2) is 55.7 Å². The molecule has 2 amide bonds. The van der Waals surface area contributed by atoms with Crippen molar-refractivity contribution >= 4 is 18.0 Å². The SMILES string of the molecule is CCCCCCCCCCCCCCCC(=O)OCC1(NC(=O)CNC(=O)OCc2ccccc2)COC(C)(C)OC1. The van der Waals surface area contributed by atoms with E-state index in [2.05, 4.69) is 17.6 Å². The molecule has 1 heterocycles. The summed E-state index contributed by atoms with van der Waals surface area (Å²) < 4.78 is 22.2. The van der Waals surface area contributed by atoms with Crippen molar-refractivity contribution in [2.75, 3.05) is 26.4 Å². The van der Waals surface area contributed by atoms with Crippen molar-refractivity contribution in [3.63, 3.8) is 0 Å². The number of rotatable bonds is 21. The number of ether oxygens (including phenoxy) is 4. The van der Waals surface area contributed by atoms with Crippen LogP contribution in [0.25, 0.3) is 0 Å². The largest absolute Gasteiger partial charge is 0.463 e. The van der Waals surface area contributed by atoms with E-state index >= 15 is 0 Å². The number of hydrogen-bond acceptors (Lipinski definition) is 7. The van der Waals surface area contributed by atoms with Gasteiger partial charge in [-0.3, -0.25) is 9.59 Å². The van der Waals surface area contributed by atoms with Crippen molar-refractivity contribution in [3.05, 3.63) is 35.9 Å². The van der Waals surface area contributed by atoms with Crippen LogP contribution in [0, 0.1) is 0 Å². The van der Waals surface area contributed by atoms with Crippen LogP contribution in [0.2, 0.25) is 0 Å². The average Bonchev–Trinajstić information content (AvgIpc) is 2.98. The van der Waals surface area contributed by atoms with E-state index in [1.807, 2.05) is 30.3 Å². The molecule has 0 atom stereocenters. The minimum atomic E-state index is -1.05. The first-order valence-electron chi connectivity index (χ1n) is 15.9. The number of benzene rings is 1. The fraction of sp³-hybridized carbons (Fsp3) is 0.727. The van der Waals surface area contributed by atoms with Gasteiger partial charge in [-0.15, -0.1) is 0 Å². The minimum absolute atomic E-state index is 0.0788. The van der Waals surface area contributed by atoms with Gasteiger partial charge in [0.1, 0.15) is 25.3 Å². The maximum Gasteiger partial charge on any atom is 0.407 e. The van der Waals surface area contributed by atoms with Crippen molar-refractivity contribution in [1.82, 2.24) is 10.6 Å². The number of nitrogens with one attached hydrogen (secondary N) is 2. The second-order valence-corrected chi connectivity index (χ2v) is 11.9. The van der Waals surface area contributed by atoms with Gasteiger partial charge in [-0.2, -0.15) is 0 Å². The molecule has 2 N–H and O–H groups in total. The van der Waals surface area contributed by atoms with Crippen LogP contribution in [0.5, 0.6) is 0 Å². The van der Waals surface area contributed by atoms with Crippen LogP contribution in [-0.2, 0) is 35.1 Å². The third kappa shape index (κ3) is 16.1. The molecule has 42 heavy (non-hydrogen) atoms. The molecule has 9 heteroatoms. The molecule has 1 saturated heterocycles. The Balaban J connectivity index is 1.62. The number of unbranched alkanes of at least 4 members (excludes halogenated alkanes) is 12. The van der Waals surface area contributed by atoms with Crippen molar-refractivity contribution in [2.24, 2.45) is 0 Å². The number of alkyl carbamates (subject to hydrolysis) is 1. The second-order valence-electron chi connectivity index (χ2n) is 11.9. The Hall–Kier alpha value is -2.65. The minimum Gasteiger partial charge on any atom is -0.463 e. The average molecular weight is 591 g/mol. The van der Waals surface area contributed by atoms with E-state index in [1.54, 1.807) is 13.8 Å². The van der Waals surface area contributed by atoms with Crippen molar-refractivity contribution in [3.8, 4) is 0 Å². The lowest BCUT2D eigenvalue weighted by atomic mass is 10.0. The second kappa shape index (κ2) is 20.3. The van der Waals surface area contributed by atoms with Gasteiger partial charge in [0, 0.05) is 6.42 Å². The van der Waals surface area contributed by atoms with Gasteiger partial charge in [-0.1, -0.05) is 114 Å². The fourth-order valence-corrected chi connectivity index (χ4v) is 4.74. The van der Waals surface area contributed by atoms with Gasteiger partial charge in [-0.05, 0) is 25.8 Å². The number of amides is 2. The molecule has 0 radical (unpaired) electrons. The van der Waals surface area contributed by atoms with Crippen LogP contribution in [0.1, 0.15) is 116 Å². The maximum atomic E-state index is 12.7. The first-order chi connectivity index (χ1) is 20.2. The molecule has 1 aromatic carbocycles. The van der Waals surface area contributed by atoms with Crippen LogP contribution < -0.4 is 10.6 Å². The first kappa shape index (κ1) is 35.5. The van der Waals surface area contributed by atoms with E-state index in [4.69, 9.17) is 18.9 Å². The standard InChI is InChI=1S/C33H54N2O7/c1-4-5-6-7-8-9-10-11-12-13-14-15-19-22-30(37)40-25-33(26-41-32(2,3)42-27-33)35-29(36)23-34-31(38)39-24-28-20-17-16-18-21-28/h16-18,20-21H,4-15,19,22-27H2,1-3H3,(H,34,38)(H,35,36). The lowest BCUT2D eigenvalue weighted by molar-refractivity contribution is -0.275. The van der Waals surface area contributed by atoms with Gasteiger partial charge in [0.25, 0.3) is 0 Å². The molecule has 1 aliphatic rings.